The van der Waals surface area contributed by atoms with Gasteiger partial charge in [-0.3, -0.25) is 33.6 Å². The van der Waals surface area contributed by atoms with E-state index in [1.165, 1.54) is 14.2 Å². The number of nitrogens with one attached hydrogen (secondary N) is 5. The largest absolute Gasteiger partial charge is 0.480 e. The second-order valence-electron chi connectivity index (χ2n) is 39.1. The average Bonchev–Trinajstić information content (AvgIpc) is 1.64. The minimum atomic E-state index is -1.09. The number of ketones is 5. The highest BCUT2D eigenvalue weighted by molar-refractivity contribution is 6.00. The number of nitrogens with zero attached hydrogens (tertiary/aromatic N) is 1. The summed E-state index contributed by atoms with van der Waals surface area (Å²) in [6.45, 7) is 40.7. The average molecular weight is 1880 g/mol. The molecule has 136 heavy (non-hydrogen) atoms. The number of nitrogens with two attached hydrogens (primary N) is 2. The lowest BCUT2D eigenvalue weighted by molar-refractivity contribution is -0.171. The lowest BCUT2D eigenvalue weighted by Gasteiger charge is -2.25. The zero-order chi connectivity index (χ0) is 102. The van der Waals surface area contributed by atoms with Gasteiger partial charge < -0.3 is 85.8 Å². The van der Waals surface area contributed by atoms with Crippen molar-refractivity contribution in [3.8, 4) is 0 Å². The minimum absolute atomic E-state index is 0.00588. The van der Waals surface area contributed by atoms with Gasteiger partial charge in [-0.1, -0.05) is 219 Å². The van der Waals surface area contributed by atoms with Crippen molar-refractivity contribution in [2.75, 3.05) is 40.6 Å². The molecular weight excluding hydrogens is 1740 g/mol. The van der Waals surface area contributed by atoms with E-state index in [0.29, 0.717) is 70.5 Å². The molecule has 31 heteroatoms. The molecule has 10 N–H and O–H groups in total. The molecule has 7 aromatic rings. The molecule has 4 fully saturated rings. The number of hydroxylamine groups is 2. The Morgan fingerprint density at radius 3 is 0.728 bits per heavy atom. The molecule has 11 atom stereocenters. The Morgan fingerprint density at radius 1 is 0.338 bits per heavy atom. The number of carbonyl (C=O) groups is 12. The highest BCUT2D eigenvalue weighted by atomic mass is 16.7. The van der Waals surface area contributed by atoms with Crippen LogP contribution in [0.25, 0.3) is 0 Å². The summed E-state index contributed by atoms with van der Waals surface area (Å²) in [5, 5.41) is 23.2. The van der Waals surface area contributed by atoms with Crippen LogP contribution in [0.4, 0.5) is 24.0 Å². The standard InChI is InChI=1S/2C17H23NO4.C17H23NO3.C16H24N2O4.C14H19NO4.2C12H15NO2/c2*1-16(2,3)22-15(20)18-13(14(19)17(4)11-21-17)10-12-8-6-5-7-9-12;1-12(2)15(19)14(11-13-9-7-6-8-10-13)18-16(20)21-17(3,4)5;1-16(2,3)22-15(20)17-13(14(19)18(4)21-5)11-12-9-7-6-8-10-12;1-14(2,3)19-13(18)15-11(12(16)17)9-10-7-5-4-6-8-10;2*1-12(8-15-12)11(14)10(13)7-9-5-3-2-4-6-9/h2*5-9,13H,10-11H2,1-4H3,(H,18,20);6-10,14H,1,11H2,2-5H3,(H,18,20);6-10,13H,11H2,1-5H3,(H,17,20);4-8,11H,9H2,1-3H3,(H,15,18)(H,16,17);2*2-6,10H,7-8,13H2,1H3/t13-,17+;13-,17-;14-;13-;11-;10-,12+;10-,12-/m0000000/s1. The molecule has 4 heterocycles. The number of carboxylic acid groups (broad SMARTS) is 1. The molecule has 0 radical (unpaired) electrons. The predicted octanol–water partition coefficient (Wildman–Crippen LogP) is 14.4. The smallest absolute Gasteiger partial charge is 0.408 e. The maximum Gasteiger partial charge on any atom is 0.408 e. The Morgan fingerprint density at radius 2 is 0.522 bits per heavy atom. The quantitative estimate of drug-likeness (QED) is 0.00840. The number of hydrogen-bond donors (Lipinski definition) is 8. The van der Waals surface area contributed by atoms with Crippen molar-refractivity contribution in [3.63, 3.8) is 0 Å². The van der Waals surface area contributed by atoms with Crippen LogP contribution in [0.3, 0.4) is 0 Å². The highest BCUT2D eigenvalue weighted by Crippen LogP contribution is 2.33. The molecule has 4 aliphatic heterocycles. The van der Waals surface area contributed by atoms with Crippen LogP contribution in [-0.2, 0) is 126 Å². The lowest BCUT2D eigenvalue weighted by Crippen LogP contribution is -2.49. The van der Waals surface area contributed by atoms with Crippen molar-refractivity contribution < 1.29 is 110 Å². The fourth-order valence-electron chi connectivity index (χ4n) is 12.6. The molecule has 0 unspecified atom stereocenters. The van der Waals surface area contributed by atoms with Gasteiger partial charge in [0, 0.05) is 26.3 Å². The number of alkyl carbamates (subject to hydrolysis) is 5. The molecule has 4 aliphatic rings. The summed E-state index contributed by atoms with van der Waals surface area (Å²) in [7, 11) is 2.89. The van der Waals surface area contributed by atoms with E-state index in [2.05, 4.69) is 33.2 Å². The van der Waals surface area contributed by atoms with E-state index in [1.807, 2.05) is 212 Å². The zero-order valence-electron chi connectivity index (χ0n) is 82.8. The second-order valence-corrected chi connectivity index (χ2v) is 39.1. The van der Waals surface area contributed by atoms with Crippen molar-refractivity contribution in [1.82, 2.24) is 31.6 Å². The molecule has 31 nitrogen and oxygen atoms in total. The summed E-state index contributed by atoms with van der Waals surface area (Å²) < 4.78 is 46.6. The molecule has 0 aromatic heterocycles. The number of carboxylic acids is 1. The van der Waals surface area contributed by atoms with Crippen LogP contribution in [0.5, 0.6) is 0 Å². The Hall–Kier alpha value is -12.4. The van der Waals surface area contributed by atoms with E-state index in [-0.39, 0.29) is 41.2 Å². The van der Waals surface area contributed by atoms with Gasteiger partial charge in [-0.05, 0) is 209 Å². The van der Waals surface area contributed by atoms with Crippen LogP contribution in [0, 0.1) is 0 Å². The first-order valence-corrected chi connectivity index (χ1v) is 45.1. The SMILES string of the molecule is C=C(C)C(=O)[C@H](Cc1ccccc1)NC(=O)OC(C)(C)C.CC(C)(C)OC(=O)N[C@@H](Cc1ccccc1)C(=O)O.CC(C)(C)OC(=O)N[C@@H](Cc1ccccc1)C(=O)[C@@]1(C)CO1.CC(C)(C)OC(=O)N[C@@H](Cc1ccccc1)C(=O)[C@]1(C)CO1.CON(C)C(=O)[C@H](Cc1ccccc1)NC(=O)OC(C)(C)C.C[C@@]1(C(=O)[C@@H](N)Cc2ccccc2)CO1.C[C@]1(C(=O)[C@@H](N)Cc2ccccc2)CO1. The summed E-state index contributed by atoms with van der Waals surface area (Å²) >= 11 is 0. The first-order chi connectivity index (χ1) is 63.3. The highest BCUT2D eigenvalue weighted by Gasteiger charge is 2.53. The molecule has 7 aromatic carbocycles. The van der Waals surface area contributed by atoms with Crippen LogP contribution in [0.1, 0.15) is 177 Å². The first-order valence-electron chi connectivity index (χ1n) is 45.1. The van der Waals surface area contributed by atoms with E-state index in [0.717, 1.165) is 44.0 Å². The zero-order valence-corrected chi connectivity index (χ0v) is 82.8. The van der Waals surface area contributed by atoms with Gasteiger partial charge in [0.05, 0.1) is 63.7 Å². The summed E-state index contributed by atoms with van der Waals surface area (Å²) in [6.07, 6.45) is -0.168. The number of likely N-dealkylation sites (N-methyl/N-ethyl adjacent to an activating group) is 1. The van der Waals surface area contributed by atoms with Gasteiger partial charge in [0.1, 0.15) is 62.5 Å². The molecule has 0 aliphatic carbocycles. The molecule has 0 spiro atoms. The number of epoxide rings is 4. The third-order valence-corrected chi connectivity index (χ3v) is 20.1. The predicted molar refractivity (Wildman–Crippen MR) is 517 cm³/mol. The summed E-state index contributed by atoms with van der Waals surface area (Å²) in [5.41, 5.74) is 13.1. The van der Waals surface area contributed by atoms with Crippen molar-refractivity contribution in [3.05, 3.63) is 263 Å². The number of ether oxygens (including phenoxy) is 9. The summed E-state index contributed by atoms with van der Waals surface area (Å²) in [4.78, 5) is 149. The molecule has 0 saturated carbocycles. The van der Waals surface area contributed by atoms with E-state index >= 15 is 0 Å². The normalized spacial score (nSPS) is 18.5. The number of amides is 6. The van der Waals surface area contributed by atoms with Crippen LogP contribution in [0.2, 0.25) is 0 Å². The fraction of sp³-hybridized carbons (Fsp3) is 0.467. The van der Waals surface area contributed by atoms with Crippen LogP contribution < -0.4 is 38.1 Å². The molecule has 6 amide bonds. The topological polar surface area (TPSA) is 446 Å². The second kappa shape index (κ2) is 52.1. The number of aliphatic carboxylic acids is 1. The van der Waals surface area contributed by atoms with E-state index in [4.69, 9.17) is 64.0 Å². The van der Waals surface area contributed by atoms with Gasteiger partial charge in [0.25, 0.3) is 5.91 Å². The van der Waals surface area contributed by atoms with E-state index in [9.17, 15) is 57.5 Å². The minimum Gasteiger partial charge on any atom is -0.480 e. The van der Waals surface area contributed by atoms with Gasteiger partial charge in [-0.25, -0.2) is 33.8 Å². The molecule has 0 bridgehead atoms. The van der Waals surface area contributed by atoms with Gasteiger partial charge in [0.15, 0.2) is 28.9 Å². The molecule has 740 valence electrons. The Bertz CT molecular complexity index is 4830. The Kier molecular flexibility index (Phi) is 43.7. The maximum absolute atomic E-state index is 12.5. The number of rotatable bonds is 32. The third-order valence-electron chi connectivity index (χ3n) is 20.1. The number of benzene rings is 7. The Balaban J connectivity index is 0.000000281. The van der Waals surface area contributed by atoms with Crippen LogP contribution in [-0.4, -0.2) is 215 Å². The maximum atomic E-state index is 12.5. The van der Waals surface area contributed by atoms with Crippen molar-refractivity contribution in [2.45, 2.75) is 276 Å². The lowest BCUT2D eigenvalue weighted by atomic mass is 9.95. The van der Waals surface area contributed by atoms with E-state index < -0.39 is 129 Å². The van der Waals surface area contributed by atoms with Gasteiger partial charge >= 0.3 is 36.4 Å². The van der Waals surface area contributed by atoms with Gasteiger partial charge in [-0.2, -0.15) is 0 Å². The molecule has 11 rings (SSSR count). The summed E-state index contributed by atoms with van der Waals surface area (Å²) in [6, 6.07) is 62.1. The molecular formula is C105H142N8O23. The van der Waals surface area contributed by atoms with Crippen LogP contribution >= 0.6 is 0 Å². The fourth-order valence-corrected chi connectivity index (χ4v) is 12.6. The Labute approximate surface area is 800 Å². The van der Waals surface area contributed by atoms with Gasteiger partial charge in [-0.15, -0.1) is 0 Å². The number of Topliss-reactive ketones (excluding diaryl/α,β-unsaturated/α-hetero) is 5. The van der Waals surface area contributed by atoms with Crippen LogP contribution in [0.15, 0.2) is 224 Å². The third kappa shape index (κ3) is 44.9. The molecule has 4 saturated heterocycles. The van der Waals surface area contributed by atoms with Gasteiger partial charge in [0.2, 0.25) is 0 Å². The van der Waals surface area contributed by atoms with Crippen molar-refractivity contribution in [2.24, 2.45) is 11.5 Å². The van der Waals surface area contributed by atoms with E-state index in [1.54, 1.807) is 138 Å². The van der Waals surface area contributed by atoms with Crippen molar-refractivity contribution >= 4 is 71.3 Å². The number of carbonyl (C=O) groups excluding carboxylic acids is 11. The summed E-state index contributed by atoms with van der Waals surface area (Å²) in [5.74, 6) is -1.86. The monoisotopic (exact) mass is 1880 g/mol. The first kappa shape index (κ1) is 114. The number of hydrogen-bond acceptors (Lipinski definition) is 24. The van der Waals surface area contributed by atoms with Crippen molar-refractivity contribution in [1.29, 1.82) is 0 Å².